The fourth-order valence-corrected chi connectivity index (χ4v) is 3.28. The number of hydrogen-bond acceptors (Lipinski definition) is 3. The van der Waals surface area contributed by atoms with Gasteiger partial charge in [0.25, 0.3) is 11.8 Å². The van der Waals surface area contributed by atoms with Gasteiger partial charge in [-0.15, -0.1) is 0 Å². The van der Waals surface area contributed by atoms with Gasteiger partial charge in [0.05, 0.1) is 11.3 Å². The number of rotatable bonds is 5. The maximum absolute atomic E-state index is 12.8. The summed E-state index contributed by atoms with van der Waals surface area (Å²) in [4.78, 5) is 25.4. The van der Waals surface area contributed by atoms with Crippen molar-refractivity contribution in [1.29, 1.82) is 0 Å². The molecule has 0 aliphatic rings. The van der Waals surface area contributed by atoms with Crippen LogP contribution in [0.15, 0.2) is 71.1 Å². The van der Waals surface area contributed by atoms with Crippen molar-refractivity contribution >= 4 is 39.2 Å². The van der Waals surface area contributed by atoms with Gasteiger partial charge in [-0.05, 0) is 48.4 Å². The summed E-state index contributed by atoms with van der Waals surface area (Å²) in [5.74, 6) is -0.409. The zero-order valence-electron chi connectivity index (χ0n) is 16.4. The molecule has 0 radical (unpaired) electrons. The number of amides is 2. The first-order chi connectivity index (χ1) is 14.1. The SMILES string of the molecule is CC[C@@H](C)NC(=O)c1ccccc1NC(=O)c1cc2c(ccc3ccccc32)o1. The van der Waals surface area contributed by atoms with Gasteiger partial charge in [-0.3, -0.25) is 9.59 Å². The summed E-state index contributed by atoms with van der Waals surface area (Å²) in [5.41, 5.74) is 1.52. The van der Waals surface area contributed by atoms with E-state index < -0.39 is 5.91 Å². The van der Waals surface area contributed by atoms with Crippen LogP contribution in [0.3, 0.4) is 0 Å². The van der Waals surface area contributed by atoms with Crippen molar-refractivity contribution in [3.8, 4) is 0 Å². The molecule has 0 unspecified atom stereocenters. The lowest BCUT2D eigenvalue weighted by Crippen LogP contribution is -2.32. The predicted molar refractivity (Wildman–Crippen MR) is 115 cm³/mol. The number of hydrogen-bond donors (Lipinski definition) is 2. The summed E-state index contributed by atoms with van der Waals surface area (Å²) in [6.07, 6.45) is 0.827. The quantitative estimate of drug-likeness (QED) is 0.485. The van der Waals surface area contributed by atoms with E-state index in [0.717, 1.165) is 22.6 Å². The second-order valence-corrected chi connectivity index (χ2v) is 7.09. The molecule has 3 aromatic carbocycles. The van der Waals surface area contributed by atoms with Crippen LogP contribution in [-0.4, -0.2) is 17.9 Å². The van der Waals surface area contributed by atoms with Crippen molar-refractivity contribution < 1.29 is 14.0 Å². The Bertz CT molecular complexity index is 1210. The van der Waals surface area contributed by atoms with Crippen molar-refractivity contribution in [2.45, 2.75) is 26.3 Å². The fraction of sp³-hybridized carbons (Fsp3) is 0.167. The summed E-state index contributed by atoms with van der Waals surface area (Å²) >= 11 is 0. The van der Waals surface area contributed by atoms with E-state index in [9.17, 15) is 9.59 Å². The van der Waals surface area contributed by atoms with Gasteiger partial charge >= 0.3 is 0 Å². The molecule has 5 heteroatoms. The van der Waals surface area contributed by atoms with Gasteiger partial charge in [-0.25, -0.2) is 0 Å². The molecule has 5 nitrogen and oxygen atoms in total. The van der Waals surface area contributed by atoms with Gasteiger partial charge in [0.1, 0.15) is 5.58 Å². The van der Waals surface area contributed by atoms with E-state index >= 15 is 0 Å². The second-order valence-electron chi connectivity index (χ2n) is 7.09. The van der Waals surface area contributed by atoms with Crippen molar-refractivity contribution in [2.75, 3.05) is 5.32 Å². The van der Waals surface area contributed by atoms with Crippen LogP contribution < -0.4 is 10.6 Å². The van der Waals surface area contributed by atoms with Crippen LogP contribution in [0, 0.1) is 0 Å². The third-order valence-corrected chi connectivity index (χ3v) is 5.06. The normalized spacial score (nSPS) is 12.1. The van der Waals surface area contributed by atoms with E-state index in [1.54, 1.807) is 30.3 Å². The first kappa shape index (κ1) is 18.7. The Morgan fingerprint density at radius 2 is 1.69 bits per heavy atom. The van der Waals surface area contributed by atoms with Crippen LogP contribution >= 0.6 is 0 Å². The highest BCUT2D eigenvalue weighted by Crippen LogP contribution is 2.28. The minimum atomic E-state index is -0.394. The summed E-state index contributed by atoms with van der Waals surface area (Å²) in [7, 11) is 0. The molecule has 4 aromatic rings. The number of nitrogens with one attached hydrogen (secondary N) is 2. The Labute approximate surface area is 168 Å². The number of benzene rings is 3. The first-order valence-electron chi connectivity index (χ1n) is 9.69. The average molecular weight is 386 g/mol. The van der Waals surface area contributed by atoms with E-state index in [2.05, 4.69) is 10.6 Å². The summed E-state index contributed by atoms with van der Waals surface area (Å²) in [5, 5.41) is 8.74. The van der Waals surface area contributed by atoms with Crippen LogP contribution in [0.4, 0.5) is 5.69 Å². The van der Waals surface area contributed by atoms with Crippen molar-refractivity contribution in [3.05, 3.63) is 78.1 Å². The third-order valence-electron chi connectivity index (χ3n) is 5.06. The Morgan fingerprint density at radius 3 is 2.52 bits per heavy atom. The summed E-state index contributed by atoms with van der Waals surface area (Å²) in [6.45, 7) is 3.95. The van der Waals surface area contributed by atoms with Crippen LogP contribution in [-0.2, 0) is 0 Å². The number of carbonyl (C=O) groups excluding carboxylic acids is 2. The minimum Gasteiger partial charge on any atom is -0.451 e. The predicted octanol–water partition coefficient (Wildman–Crippen LogP) is 5.37. The Morgan fingerprint density at radius 1 is 0.931 bits per heavy atom. The van der Waals surface area contributed by atoms with E-state index in [1.165, 1.54) is 0 Å². The largest absolute Gasteiger partial charge is 0.451 e. The molecule has 0 bridgehead atoms. The topological polar surface area (TPSA) is 71.3 Å². The number of carbonyl (C=O) groups is 2. The average Bonchev–Trinajstić information content (AvgIpc) is 3.19. The molecule has 0 spiro atoms. The molecule has 29 heavy (non-hydrogen) atoms. The molecule has 146 valence electrons. The molecule has 4 rings (SSSR count). The highest BCUT2D eigenvalue weighted by Gasteiger charge is 2.18. The number of furan rings is 1. The molecule has 0 aliphatic carbocycles. The van der Waals surface area contributed by atoms with Crippen molar-refractivity contribution in [1.82, 2.24) is 5.32 Å². The monoisotopic (exact) mass is 386 g/mol. The molecule has 1 atom stereocenters. The fourth-order valence-electron chi connectivity index (χ4n) is 3.28. The number of fused-ring (bicyclic) bond motifs is 3. The lowest BCUT2D eigenvalue weighted by Gasteiger charge is -2.14. The van der Waals surface area contributed by atoms with Gasteiger partial charge in [0.15, 0.2) is 5.76 Å². The molecule has 0 aliphatic heterocycles. The summed E-state index contributed by atoms with van der Waals surface area (Å²) in [6, 6.07) is 20.5. The Balaban J connectivity index is 1.63. The molecule has 1 heterocycles. The van der Waals surface area contributed by atoms with Crippen molar-refractivity contribution in [2.24, 2.45) is 0 Å². The smallest absolute Gasteiger partial charge is 0.291 e. The maximum atomic E-state index is 12.8. The molecular formula is C24H22N2O3. The molecule has 2 N–H and O–H groups in total. The van der Waals surface area contributed by atoms with Gasteiger partial charge in [-0.1, -0.05) is 49.4 Å². The van der Waals surface area contributed by atoms with E-state index in [0.29, 0.717) is 16.8 Å². The van der Waals surface area contributed by atoms with Gasteiger partial charge < -0.3 is 15.1 Å². The summed E-state index contributed by atoms with van der Waals surface area (Å²) < 4.78 is 5.78. The molecule has 1 aromatic heterocycles. The number of anilines is 1. The third kappa shape index (κ3) is 3.72. The van der Waals surface area contributed by atoms with Gasteiger partial charge in [0.2, 0.25) is 0 Å². The molecule has 0 saturated heterocycles. The van der Waals surface area contributed by atoms with E-state index in [-0.39, 0.29) is 17.7 Å². The lowest BCUT2D eigenvalue weighted by molar-refractivity contribution is 0.0940. The van der Waals surface area contributed by atoms with Crippen LogP contribution in [0.25, 0.3) is 21.7 Å². The zero-order chi connectivity index (χ0) is 20.4. The lowest BCUT2D eigenvalue weighted by atomic mass is 10.1. The van der Waals surface area contributed by atoms with E-state index in [1.807, 2.05) is 50.2 Å². The minimum absolute atomic E-state index is 0.0508. The van der Waals surface area contributed by atoms with Crippen LogP contribution in [0.2, 0.25) is 0 Å². The molecule has 2 amide bonds. The molecule has 0 saturated carbocycles. The number of para-hydroxylation sites is 1. The van der Waals surface area contributed by atoms with Gasteiger partial charge in [0, 0.05) is 11.4 Å². The molecule has 0 fully saturated rings. The van der Waals surface area contributed by atoms with Crippen LogP contribution in [0.5, 0.6) is 0 Å². The molecular weight excluding hydrogens is 364 g/mol. The zero-order valence-corrected chi connectivity index (χ0v) is 16.4. The first-order valence-corrected chi connectivity index (χ1v) is 9.69. The highest BCUT2D eigenvalue weighted by atomic mass is 16.3. The highest BCUT2D eigenvalue weighted by molar-refractivity contribution is 6.12. The van der Waals surface area contributed by atoms with E-state index in [4.69, 9.17) is 4.42 Å². The van der Waals surface area contributed by atoms with Gasteiger partial charge in [-0.2, -0.15) is 0 Å². The Hall–Kier alpha value is -3.60. The Kier molecular flexibility index (Phi) is 5.04. The second kappa shape index (κ2) is 7.80. The maximum Gasteiger partial charge on any atom is 0.291 e. The standard InChI is InChI=1S/C24H22N2O3/c1-3-15(2)25-23(27)18-10-6-7-11-20(18)26-24(28)22-14-19-17-9-5-4-8-16(17)12-13-21(19)29-22/h4-15H,3H2,1-2H3,(H,25,27)(H,26,28)/t15-/m1/s1. The van der Waals surface area contributed by atoms with Crippen molar-refractivity contribution in [3.63, 3.8) is 0 Å². The van der Waals surface area contributed by atoms with Crippen LogP contribution in [0.1, 0.15) is 41.2 Å².